The third-order valence-corrected chi connectivity index (χ3v) is 4.07. The van der Waals surface area contributed by atoms with E-state index in [9.17, 15) is 13.2 Å². The molecule has 0 atom stereocenters. The van der Waals surface area contributed by atoms with E-state index in [2.05, 4.69) is 15.1 Å². The van der Waals surface area contributed by atoms with E-state index < -0.39 is 15.9 Å². The van der Waals surface area contributed by atoms with E-state index in [0.717, 1.165) is 4.31 Å². The second kappa shape index (κ2) is 6.62. The molecule has 0 spiro atoms. The van der Waals surface area contributed by atoms with E-state index in [1.807, 2.05) is 0 Å². The van der Waals surface area contributed by atoms with Crippen LogP contribution >= 0.6 is 0 Å². The lowest BCUT2D eigenvalue weighted by molar-refractivity contribution is -0.0704. The number of sulfonamides is 1. The summed E-state index contributed by atoms with van der Waals surface area (Å²) in [6.45, 7) is -0.0706. The summed E-state index contributed by atoms with van der Waals surface area (Å²) < 4.78 is 29.3. The van der Waals surface area contributed by atoms with Gasteiger partial charge in [-0.2, -0.15) is 0 Å². The van der Waals surface area contributed by atoms with Crippen molar-refractivity contribution in [1.82, 2.24) is 9.79 Å². The number of nitrogens with one attached hydrogen (secondary N) is 1. The molecule has 1 N–H and O–H groups in total. The number of amides is 1. The number of methoxy groups -OCH3 is 1. The molecule has 0 aliphatic heterocycles. The average molecular weight is 288 g/mol. The fraction of sp³-hybridized carbons (Fsp3) is 0.364. The number of benzene rings is 1. The van der Waals surface area contributed by atoms with E-state index in [1.165, 1.54) is 45.5 Å². The Bertz CT molecular complexity index is 525. The highest BCUT2D eigenvalue weighted by atomic mass is 32.2. The van der Waals surface area contributed by atoms with Crippen LogP contribution in [0.1, 0.15) is 10.4 Å². The van der Waals surface area contributed by atoms with Crippen LogP contribution in [0.4, 0.5) is 0 Å². The standard InChI is InChI=1S/C11H16N2O5S/c1-13(2)19(15,16)10-6-4-9(5-7-10)11(14)12-18-8-17-3/h4-7H,8H2,1-3H3,(H,12,14). The summed E-state index contributed by atoms with van der Waals surface area (Å²) in [5.41, 5.74) is 2.44. The van der Waals surface area contributed by atoms with Crippen LogP contribution in [0.5, 0.6) is 0 Å². The summed E-state index contributed by atoms with van der Waals surface area (Å²) >= 11 is 0. The summed E-state index contributed by atoms with van der Waals surface area (Å²) in [5, 5.41) is 0. The van der Waals surface area contributed by atoms with Crippen molar-refractivity contribution in [2.75, 3.05) is 28.0 Å². The number of ether oxygens (including phenoxy) is 1. The molecule has 0 saturated carbocycles. The molecule has 0 heterocycles. The molecule has 8 heteroatoms. The van der Waals surface area contributed by atoms with Gasteiger partial charge in [0.15, 0.2) is 6.79 Å². The Morgan fingerprint density at radius 2 is 1.84 bits per heavy atom. The van der Waals surface area contributed by atoms with Gasteiger partial charge in [0.25, 0.3) is 5.91 Å². The third-order valence-electron chi connectivity index (χ3n) is 2.24. The average Bonchev–Trinajstić information content (AvgIpc) is 2.39. The molecule has 0 saturated heterocycles. The van der Waals surface area contributed by atoms with Gasteiger partial charge in [-0.15, -0.1) is 0 Å². The van der Waals surface area contributed by atoms with Crippen molar-refractivity contribution < 1.29 is 22.8 Å². The highest BCUT2D eigenvalue weighted by Crippen LogP contribution is 2.13. The molecule has 1 rings (SSSR count). The van der Waals surface area contributed by atoms with Crippen LogP contribution in [0.25, 0.3) is 0 Å². The summed E-state index contributed by atoms with van der Waals surface area (Å²) in [7, 11) is 0.812. The van der Waals surface area contributed by atoms with Crippen LogP contribution in [0, 0.1) is 0 Å². The van der Waals surface area contributed by atoms with Crippen molar-refractivity contribution in [3.05, 3.63) is 29.8 Å². The fourth-order valence-corrected chi connectivity index (χ4v) is 2.10. The fourth-order valence-electron chi connectivity index (χ4n) is 1.20. The van der Waals surface area contributed by atoms with Crippen LogP contribution in [-0.2, 0) is 19.6 Å². The van der Waals surface area contributed by atoms with Crippen LogP contribution in [0.3, 0.4) is 0 Å². The monoisotopic (exact) mass is 288 g/mol. The zero-order valence-electron chi connectivity index (χ0n) is 10.9. The van der Waals surface area contributed by atoms with Crippen molar-refractivity contribution in [1.29, 1.82) is 0 Å². The Hall–Kier alpha value is -1.48. The molecule has 1 aromatic rings. The predicted molar refractivity (Wildman–Crippen MR) is 67.7 cm³/mol. The first-order valence-electron chi connectivity index (χ1n) is 5.33. The summed E-state index contributed by atoms with van der Waals surface area (Å²) in [5.74, 6) is -0.481. The molecule has 0 unspecified atom stereocenters. The van der Waals surface area contributed by atoms with Gasteiger partial charge in [-0.05, 0) is 24.3 Å². The number of rotatable bonds is 6. The maximum Gasteiger partial charge on any atom is 0.274 e. The van der Waals surface area contributed by atoms with Crippen LogP contribution in [0.2, 0.25) is 0 Å². The van der Waals surface area contributed by atoms with Gasteiger partial charge in [0.1, 0.15) is 0 Å². The minimum absolute atomic E-state index is 0.0706. The van der Waals surface area contributed by atoms with Crippen LogP contribution in [0.15, 0.2) is 29.2 Å². The third kappa shape index (κ3) is 4.00. The number of carbonyl (C=O) groups is 1. The predicted octanol–water partition coefficient (Wildman–Crippen LogP) is 0.202. The second-order valence-electron chi connectivity index (χ2n) is 3.79. The zero-order chi connectivity index (χ0) is 14.5. The van der Waals surface area contributed by atoms with Gasteiger partial charge in [-0.1, -0.05) is 0 Å². The van der Waals surface area contributed by atoms with Crippen LogP contribution in [-0.4, -0.2) is 46.6 Å². The summed E-state index contributed by atoms with van der Waals surface area (Å²) in [6.07, 6.45) is 0. The molecule has 0 bridgehead atoms. The molecule has 7 nitrogen and oxygen atoms in total. The molecule has 106 valence electrons. The largest absolute Gasteiger partial charge is 0.356 e. The molecular formula is C11H16N2O5S. The van der Waals surface area contributed by atoms with Gasteiger partial charge in [0, 0.05) is 26.8 Å². The highest BCUT2D eigenvalue weighted by Gasteiger charge is 2.17. The minimum Gasteiger partial charge on any atom is -0.356 e. The van der Waals surface area contributed by atoms with Crippen molar-refractivity contribution in [3.8, 4) is 0 Å². The molecular weight excluding hydrogens is 272 g/mol. The number of hydrogen-bond acceptors (Lipinski definition) is 5. The summed E-state index contributed by atoms with van der Waals surface area (Å²) in [4.78, 5) is 16.4. The number of nitrogens with zero attached hydrogens (tertiary/aromatic N) is 1. The van der Waals surface area contributed by atoms with E-state index >= 15 is 0 Å². The Morgan fingerprint density at radius 1 is 1.26 bits per heavy atom. The first-order valence-corrected chi connectivity index (χ1v) is 6.77. The van der Waals surface area contributed by atoms with Gasteiger partial charge < -0.3 is 4.74 Å². The SMILES string of the molecule is COCONC(=O)c1ccc(S(=O)(=O)N(C)C)cc1. The number of hydroxylamine groups is 1. The molecule has 1 aromatic carbocycles. The topological polar surface area (TPSA) is 84.9 Å². The highest BCUT2D eigenvalue weighted by molar-refractivity contribution is 7.89. The van der Waals surface area contributed by atoms with Crippen molar-refractivity contribution >= 4 is 15.9 Å². The number of hydrogen-bond donors (Lipinski definition) is 1. The second-order valence-corrected chi connectivity index (χ2v) is 5.95. The maximum absolute atomic E-state index is 11.8. The van der Waals surface area contributed by atoms with Crippen LogP contribution < -0.4 is 5.48 Å². The van der Waals surface area contributed by atoms with Gasteiger partial charge in [0.05, 0.1) is 4.90 Å². The lowest BCUT2D eigenvalue weighted by Gasteiger charge is -2.11. The molecule has 0 aliphatic rings. The van der Waals surface area contributed by atoms with Crippen molar-refractivity contribution in [2.45, 2.75) is 4.90 Å². The lowest BCUT2D eigenvalue weighted by atomic mass is 10.2. The molecule has 0 fully saturated rings. The van der Waals surface area contributed by atoms with E-state index in [4.69, 9.17) is 0 Å². The molecule has 0 aromatic heterocycles. The smallest absolute Gasteiger partial charge is 0.274 e. The Morgan fingerprint density at radius 3 is 2.32 bits per heavy atom. The van der Waals surface area contributed by atoms with Gasteiger partial charge >= 0.3 is 0 Å². The van der Waals surface area contributed by atoms with Crippen molar-refractivity contribution in [2.24, 2.45) is 0 Å². The molecule has 0 aliphatic carbocycles. The van der Waals surface area contributed by atoms with Crippen molar-refractivity contribution in [3.63, 3.8) is 0 Å². The lowest BCUT2D eigenvalue weighted by Crippen LogP contribution is -2.25. The van der Waals surface area contributed by atoms with Gasteiger partial charge in [-0.25, -0.2) is 23.0 Å². The van der Waals surface area contributed by atoms with E-state index in [0.29, 0.717) is 0 Å². The minimum atomic E-state index is -3.49. The first-order chi connectivity index (χ1) is 8.89. The van der Waals surface area contributed by atoms with E-state index in [1.54, 1.807) is 0 Å². The Labute approximate surface area is 112 Å². The Kier molecular flexibility index (Phi) is 5.43. The maximum atomic E-state index is 11.8. The quantitative estimate of drug-likeness (QED) is 0.459. The normalized spacial score (nSPS) is 11.6. The Balaban J connectivity index is 2.80. The van der Waals surface area contributed by atoms with Gasteiger partial charge in [-0.3, -0.25) is 4.79 Å². The van der Waals surface area contributed by atoms with E-state index in [-0.39, 0.29) is 17.3 Å². The molecule has 19 heavy (non-hydrogen) atoms. The number of carbonyl (C=O) groups excluding carboxylic acids is 1. The molecule has 0 radical (unpaired) electrons. The first kappa shape index (κ1) is 15.6. The summed E-state index contributed by atoms with van der Waals surface area (Å²) in [6, 6.07) is 5.53. The molecule has 1 amide bonds. The zero-order valence-corrected chi connectivity index (χ0v) is 11.7. The van der Waals surface area contributed by atoms with Gasteiger partial charge in [0.2, 0.25) is 10.0 Å².